The van der Waals surface area contributed by atoms with Crippen LogP contribution in [0.5, 0.6) is 0 Å². The minimum atomic E-state index is 0.634. The van der Waals surface area contributed by atoms with Crippen LogP contribution < -0.4 is 0 Å². The van der Waals surface area contributed by atoms with Crippen LogP contribution in [0.4, 0.5) is 0 Å². The van der Waals surface area contributed by atoms with Crippen LogP contribution >= 0.6 is 0 Å². The Hall–Kier alpha value is -8.41. The average molecular weight is 792 g/mol. The summed E-state index contributed by atoms with van der Waals surface area (Å²) in [4.78, 5) is 14.9. The van der Waals surface area contributed by atoms with Gasteiger partial charge in [0.25, 0.3) is 0 Å². The molecule has 12 rings (SSSR count). The zero-order chi connectivity index (χ0) is 41.0. The molecule has 12 aromatic rings. The van der Waals surface area contributed by atoms with Crippen molar-refractivity contribution in [1.29, 1.82) is 0 Å². The van der Waals surface area contributed by atoms with Gasteiger partial charge in [0.05, 0.1) is 22.1 Å². The monoisotopic (exact) mass is 791 g/mol. The Morgan fingerprint density at radius 2 is 0.726 bits per heavy atom. The van der Waals surface area contributed by atoms with Crippen LogP contribution in [-0.2, 0) is 0 Å². The van der Waals surface area contributed by atoms with Crippen LogP contribution in [0.3, 0.4) is 0 Å². The van der Waals surface area contributed by atoms with E-state index in [0.717, 1.165) is 50.2 Å². The summed E-state index contributed by atoms with van der Waals surface area (Å²) in [5, 5.41) is 4.94. The van der Waals surface area contributed by atoms with E-state index in [1.54, 1.807) is 0 Å². The summed E-state index contributed by atoms with van der Waals surface area (Å²) < 4.78 is 4.78. The zero-order valence-corrected chi connectivity index (χ0v) is 33.6. The van der Waals surface area contributed by atoms with Crippen molar-refractivity contribution in [3.05, 3.63) is 224 Å². The molecule has 0 N–H and O–H groups in total. The highest BCUT2D eigenvalue weighted by Crippen LogP contribution is 2.41. The molecular weight excluding hydrogens is 755 g/mol. The molecule has 5 heteroatoms. The lowest BCUT2D eigenvalue weighted by Crippen LogP contribution is -2.00. The fourth-order valence-electron chi connectivity index (χ4n) is 9.13. The first-order valence-electron chi connectivity index (χ1n) is 20.9. The summed E-state index contributed by atoms with van der Waals surface area (Å²) in [7, 11) is 0. The first-order valence-corrected chi connectivity index (χ1v) is 20.9. The van der Waals surface area contributed by atoms with Crippen molar-refractivity contribution in [1.82, 2.24) is 24.1 Å². The van der Waals surface area contributed by atoms with Crippen molar-refractivity contribution in [2.45, 2.75) is 0 Å². The molecule has 0 atom stereocenters. The van der Waals surface area contributed by atoms with Gasteiger partial charge in [-0.25, -0.2) is 15.0 Å². The number of hydrogen-bond acceptors (Lipinski definition) is 3. The highest BCUT2D eigenvalue weighted by molar-refractivity contribution is 6.17. The molecule has 0 aliphatic carbocycles. The van der Waals surface area contributed by atoms with Crippen molar-refractivity contribution in [3.63, 3.8) is 0 Å². The molecular formula is C57H37N5. The highest BCUT2D eigenvalue weighted by Gasteiger charge is 2.19. The molecule has 0 unspecified atom stereocenters. The molecule has 3 aromatic heterocycles. The smallest absolute Gasteiger partial charge is 0.164 e. The first-order chi connectivity index (χ1) is 30.7. The van der Waals surface area contributed by atoms with Crippen LogP contribution in [0.2, 0.25) is 0 Å². The van der Waals surface area contributed by atoms with E-state index < -0.39 is 0 Å². The van der Waals surface area contributed by atoms with E-state index >= 15 is 0 Å². The second kappa shape index (κ2) is 14.7. The van der Waals surface area contributed by atoms with Gasteiger partial charge in [0.1, 0.15) is 0 Å². The van der Waals surface area contributed by atoms with Crippen LogP contribution in [-0.4, -0.2) is 24.1 Å². The average Bonchev–Trinajstić information content (AvgIpc) is 3.87. The van der Waals surface area contributed by atoms with Gasteiger partial charge in [-0.1, -0.05) is 164 Å². The molecule has 0 bridgehead atoms. The van der Waals surface area contributed by atoms with Crippen molar-refractivity contribution < 1.29 is 0 Å². The lowest BCUT2D eigenvalue weighted by molar-refractivity contribution is 1.07. The second-order valence-corrected chi connectivity index (χ2v) is 15.6. The standard InChI is InChI=1S/C57H37N5/c1-4-17-38(18-5-1)55-58-56(39-19-6-2-7-20-39)60-57(59-55)43-23-14-21-40(35-43)41-22-15-26-45(36-41)62-50-30-12-10-27-47(50)49-37-42(33-34-52(49)62)46-29-16-32-53-54(46)48-28-11-13-31-51(48)61(53)44-24-8-3-9-25-44/h1-37H. The van der Waals surface area contributed by atoms with Gasteiger partial charge in [0.15, 0.2) is 17.5 Å². The van der Waals surface area contributed by atoms with Gasteiger partial charge < -0.3 is 9.13 Å². The second-order valence-electron chi connectivity index (χ2n) is 15.6. The Labute approximate surface area is 358 Å². The molecule has 0 saturated carbocycles. The highest BCUT2D eigenvalue weighted by atomic mass is 15.0. The van der Waals surface area contributed by atoms with Crippen molar-refractivity contribution in [3.8, 4) is 67.8 Å². The fraction of sp³-hybridized carbons (Fsp3) is 0. The van der Waals surface area contributed by atoms with Crippen molar-refractivity contribution >= 4 is 43.6 Å². The SMILES string of the molecule is c1ccc(-c2nc(-c3ccccc3)nc(-c3cccc(-c4cccc(-n5c6ccccc6c6cc(-c7cccc8c7c7ccccc7n8-c7ccccc7)ccc65)c4)c3)n2)cc1. The predicted molar refractivity (Wildman–Crippen MR) is 256 cm³/mol. The van der Waals surface area contributed by atoms with Gasteiger partial charge >= 0.3 is 0 Å². The molecule has 62 heavy (non-hydrogen) atoms. The topological polar surface area (TPSA) is 48.5 Å². The molecule has 5 nitrogen and oxygen atoms in total. The van der Waals surface area contributed by atoms with E-state index in [9.17, 15) is 0 Å². The van der Waals surface area contributed by atoms with Crippen LogP contribution in [0.25, 0.3) is 111 Å². The third-order valence-corrected chi connectivity index (χ3v) is 12.0. The number of nitrogens with zero attached hydrogens (tertiary/aromatic N) is 5. The summed E-state index contributed by atoms with van der Waals surface area (Å²) in [6, 6.07) is 79.4. The lowest BCUT2D eigenvalue weighted by Gasteiger charge is -2.12. The van der Waals surface area contributed by atoms with Crippen LogP contribution in [0.15, 0.2) is 224 Å². The molecule has 9 aromatic carbocycles. The number of hydrogen-bond donors (Lipinski definition) is 0. The van der Waals surface area contributed by atoms with Crippen molar-refractivity contribution in [2.75, 3.05) is 0 Å². The van der Waals surface area contributed by atoms with Gasteiger partial charge in [0.2, 0.25) is 0 Å². The maximum atomic E-state index is 5.01. The summed E-state index contributed by atoms with van der Waals surface area (Å²) >= 11 is 0. The van der Waals surface area contributed by atoms with E-state index in [-0.39, 0.29) is 0 Å². The maximum Gasteiger partial charge on any atom is 0.164 e. The molecule has 0 spiro atoms. The summed E-state index contributed by atoms with van der Waals surface area (Å²) in [6.07, 6.45) is 0. The number of fused-ring (bicyclic) bond motifs is 6. The summed E-state index contributed by atoms with van der Waals surface area (Å²) in [6.45, 7) is 0. The first kappa shape index (κ1) is 35.5. The number of rotatable bonds is 7. The van der Waals surface area contributed by atoms with Crippen molar-refractivity contribution in [2.24, 2.45) is 0 Å². The van der Waals surface area contributed by atoms with Gasteiger partial charge in [-0.3, -0.25) is 0 Å². The normalized spacial score (nSPS) is 11.5. The molecule has 0 aliphatic heterocycles. The van der Waals surface area contributed by atoms with E-state index in [1.165, 1.54) is 43.7 Å². The molecule has 0 amide bonds. The molecule has 3 heterocycles. The third-order valence-electron chi connectivity index (χ3n) is 12.0. The third kappa shape index (κ3) is 5.98. The minimum Gasteiger partial charge on any atom is -0.309 e. The van der Waals surface area contributed by atoms with Gasteiger partial charge in [-0.05, 0) is 82.9 Å². The molecule has 0 aliphatic rings. The minimum absolute atomic E-state index is 0.634. The van der Waals surface area contributed by atoms with E-state index in [1.807, 2.05) is 60.7 Å². The number of benzene rings is 9. The molecule has 290 valence electrons. The van der Waals surface area contributed by atoms with E-state index in [4.69, 9.17) is 15.0 Å². The maximum absolute atomic E-state index is 5.01. The Balaban J connectivity index is 0.970. The molecule has 0 saturated heterocycles. The lowest BCUT2D eigenvalue weighted by atomic mass is 9.98. The van der Waals surface area contributed by atoms with Crippen LogP contribution in [0, 0.1) is 0 Å². The number of para-hydroxylation sites is 3. The van der Waals surface area contributed by atoms with Gasteiger partial charge in [-0.15, -0.1) is 0 Å². The van der Waals surface area contributed by atoms with E-state index in [2.05, 4.69) is 173 Å². The summed E-state index contributed by atoms with van der Waals surface area (Å²) in [5.74, 6) is 1.92. The quantitative estimate of drug-likeness (QED) is 0.162. The van der Waals surface area contributed by atoms with Crippen LogP contribution in [0.1, 0.15) is 0 Å². The molecule has 0 fully saturated rings. The van der Waals surface area contributed by atoms with Gasteiger partial charge in [-0.2, -0.15) is 0 Å². The number of aromatic nitrogens is 5. The Kier molecular flexibility index (Phi) is 8.42. The molecule has 0 radical (unpaired) electrons. The largest absolute Gasteiger partial charge is 0.309 e. The van der Waals surface area contributed by atoms with E-state index in [0.29, 0.717) is 17.5 Å². The zero-order valence-electron chi connectivity index (χ0n) is 33.6. The Bertz CT molecular complexity index is 3570. The fourth-order valence-corrected chi connectivity index (χ4v) is 9.13. The van der Waals surface area contributed by atoms with Gasteiger partial charge in [0, 0.05) is 49.6 Å². The Morgan fingerprint density at radius 1 is 0.258 bits per heavy atom. The summed E-state index contributed by atoms with van der Waals surface area (Å²) in [5.41, 5.74) is 14.4. The predicted octanol–water partition coefficient (Wildman–Crippen LogP) is 14.4. The Morgan fingerprint density at radius 3 is 1.44 bits per heavy atom.